The van der Waals surface area contributed by atoms with Gasteiger partial charge < -0.3 is 9.47 Å². The first kappa shape index (κ1) is 24.7. The Morgan fingerprint density at radius 2 is 1.44 bits per heavy atom. The molecule has 0 heterocycles. The van der Waals surface area contributed by atoms with Crippen LogP contribution in [-0.2, 0) is 36.1 Å². The van der Waals surface area contributed by atoms with Gasteiger partial charge in [-0.25, -0.2) is 0 Å². The highest BCUT2D eigenvalue weighted by atomic mass is 32.2. The van der Waals surface area contributed by atoms with Gasteiger partial charge in [0, 0.05) is 6.42 Å². The smallest absolute Gasteiger partial charge is 0.268 e. The molecule has 2 N–H and O–H groups in total. The van der Waals surface area contributed by atoms with E-state index >= 15 is 0 Å². The Morgan fingerprint density at radius 3 is 2.22 bits per heavy atom. The highest BCUT2D eigenvalue weighted by Crippen LogP contribution is 2.46. The number of fused-ring (bicyclic) bond motifs is 4. The van der Waals surface area contributed by atoms with E-state index < -0.39 is 37.8 Å². The van der Waals surface area contributed by atoms with E-state index in [1.54, 1.807) is 0 Å². The number of hydrogen-bond acceptors (Lipinski definition) is 6. The normalized spacial score (nSPS) is 16.3. The lowest BCUT2D eigenvalue weighted by Crippen LogP contribution is -2.13. The topological polar surface area (TPSA) is 127 Å². The lowest BCUT2D eigenvalue weighted by molar-refractivity contribution is 0.0950. The van der Waals surface area contributed by atoms with Crippen molar-refractivity contribution in [2.45, 2.75) is 12.5 Å². The van der Waals surface area contributed by atoms with Crippen molar-refractivity contribution in [1.29, 1.82) is 0 Å². The third-order valence-corrected chi connectivity index (χ3v) is 7.64. The van der Waals surface area contributed by atoms with Crippen molar-refractivity contribution in [3.63, 3.8) is 0 Å². The molecule has 36 heavy (non-hydrogen) atoms. The van der Waals surface area contributed by atoms with Crippen LogP contribution in [0.1, 0.15) is 28.4 Å². The van der Waals surface area contributed by atoms with Crippen LogP contribution in [0.3, 0.4) is 0 Å². The van der Waals surface area contributed by atoms with Crippen LogP contribution in [0.15, 0.2) is 66.4 Å². The summed E-state index contributed by atoms with van der Waals surface area (Å²) in [4.78, 5) is 0. The first-order valence-electron chi connectivity index (χ1n) is 11.3. The van der Waals surface area contributed by atoms with Crippen molar-refractivity contribution < 1.29 is 35.4 Å². The highest BCUT2D eigenvalue weighted by Gasteiger charge is 2.30. The van der Waals surface area contributed by atoms with Crippen molar-refractivity contribution in [2.24, 2.45) is 0 Å². The molecule has 8 nitrogen and oxygen atoms in total. The van der Waals surface area contributed by atoms with Crippen LogP contribution in [0.2, 0.25) is 0 Å². The average molecular weight is 529 g/mol. The Labute approximate surface area is 209 Å². The average Bonchev–Trinajstić information content (AvgIpc) is 3.35. The Kier molecular flexibility index (Phi) is 6.48. The molecule has 0 aliphatic heterocycles. The molecular weight excluding hydrogens is 504 g/mol. The second kappa shape index (κ2) is 9.45. The fraction of sp³-hybridized carbons (Fsp3) is 0.231. The number of allylic oxidation sites excluding steroid dienone is 1. The molecule has 0 bridgehead atoms. The molecule has 10 heteroatoms. The van der Waals surface area contributed by atoms with Gasteiger partial charge in [0.05, 0.1) is 12.4 Å². The van der Waals surface area contributed by atoms with Crippen molar-refractivity contribution >= 4 is 26.3 Å². The van der Waals surface area contributed by atoms with Crippen LogP contribution in [0.4, 0.5) is 0 Å². The number of ether oxygens (including phenoxy) is 2. The van der Waals surface area contributed by atoms with E-state index in [4.69, 9.17) is 18.6 Å². The minimum Gasteiger partial charge on any atom is -0.496 e. The molecule has 0 aromatic heterocycles. The van der Waals surface area contributed by atoms with E-state index in [0.29, 0.717) is 12.2 Å². The van der Waals surface area contributed by atoms with E-state index in [1.165, 1.54) is 0 Å². The Bertz CT molecular complexity index is 1570. The van der Waals surface area contributed by atoms with Crippen LogP contribution in [-0.4, -0.2) is 50.7 Å². The summed E-state index contributed by atoms with van der Waals surface area (Å²) in [6.07, 6.45) is 1.94. The molecule has 2 aliphatic rings. The predicted octanol–water partition coefficient (Wildman–Crippen LogP) is 4.13. The molecule has 2 aliphatic carbocycles. The molecule has 1 atom stereocenters. The number of rotatable bonds is 9. The molecular formula is C26H24O8S2. The molecule has 0 spiro atoms. The third kappa shape index (κ3) is 5.37. The van der Waals surface area contributed by atoms with Gasteiger partial charge in [-0.1, -0.05) is 54.6 Å². The van der Waals surface area contributed by atoms with Crippen LogP contribution in [0.5, 0.6) is 0 Å². The van der Waals surface area contributed by atoms with Gasteiger partial charge in [-0.05, 0) is 56.6 Å². The van der Waals surface area contributed by atoms with Gasteiger partial charge >= 0.3 is 0 Å². The second-order valence-electron chi connectivity index (χ2n) is 8.76. The lowest BCUT2D eigenvalue weighted by atomic mass is 9.96. The zero-order valence-electron chi connectivity index (χ0n) is 19.1. The van der Waals surface area contributed by atoms with Gasteiger partial charge in [-0.2, -0.15) is 16.8 Å². The summed E-state index contributed by atoms with van der Waals surface area (Å²) in [6.45, 7) is -0.248. The van der Waals surface area contributed by atoms with Crippen LogP contribution < -0.4 is 0 Å². The molecule has 0 radical (unpaired) electrons. The van der Waals surface area contributed by atoms with Crippen molar-refractivity contribution in [3.8, 4) is 22.3 Å². The van der Waals surface area contributed by atoms with E-state index in [1.807, 2.05) is 60.7 Å². The third-order valence-electron chi connectivity index (χ3n) is 6.28. The van der Waals surface area contributed by atoms with Gasteiger partial charge in [-0.15, -0.1) is 0 Å². The molecule has 3 aromatic carbocycles. The van der Waals surface area contributed by atoms with Crippen LogP contribution >= 0.6 is 0 Å². The van der Waals surface area contributed by atoms with E-state index in [9.17, 15) is 16.8 Å². The molecule has 5 rings (SSSR count). The first-order valence-corrected chi connectivity index (χ1v) is 14.5. The molecule has 3 aromatic rings. The minimum atomic E-state index is -4.13. The van der Waals surface area contributed by atoms with Gasteiger partial charge in [0.1, 0.15) is 24.2 Å². The SMILES string of the molecule is O=S(=O)(O)CCOC1=Cc2ccc(-c3ccc4c(c3)C(OCCS(=O)(=O)O)c3ccccc3-4)cc2C1. The summed E-state index contributed by atoms with van der Waals surface area (Å²) in [6, 6.07) is 20.0. The summed E-state index contributed by atoms with van der Waals surface area (Å²) < 4.78 is 73.6. The van der Waals surface area contributed by atoms with E-state index in [2.05, 4.69) is 6.07 Å². The summed E-state index contributed by atoms with van der Waals surface area (Å²) in [7, 11) is -8.20. The maximum Gasteiger partial charge on any atom is 0.268 e. The molecule has 0 saturated carbocycles. The van der Waals surface area contributed by atoms with Gasteiger partial charge in [-0.3, -0.25) is 9.11 Å². The minimum absolute atomic E-state index is 0.115. The predicted molar refractivity (Wildman–Crippen MR) is 136 cm³/mol. The first-order chi connectivity index (χ1) is 17.1. The number of hydrogen-bond donors (Lipinski definition) is 2. The standard InChI is InChI=1S/C26H24O8S2/c27-35(28,29)11-9-33-21-14-18-6-5-17(13-20(18)15-21)19-7-8-23-22-3-1-2-4-24(22)26(25(23)16-19)34-10-12-36(30,31)32/h1-8,13-14,16,26H,9-12,15H2,(H,27,28,29)(H,30,31,32). The van der Waals surface area contributed by atoms with E-state index in [0.717, 1.165) is 44.5 Å². The Balaban J connectivity index is 1.38. The highest BCUT2D eigenvalue weighted by molar-refractivity contribution is 7.86. The maximum atomic E-state index is 11.2. The summed E-state index contributed by atoms with van der Waals surface area (Å²) in [5.74, 6) is -0.299. The summed E-state index contributed by atoms with van der Waals surface area (Å²) in [5, 5.41) is 0. The monoisotopic (exact) mass is 528 g/mol. The van der Waals surface area contributed by atoms with Crippen LogP contribution in [0, 0.1) is 0 Å². The second-order valence-corrected chi connectivity index (χ2v) is 11.9. The van der Waals surface area contributed by atoms with Gasteiger partial charge in [0.2, 0.25) is 0 Å². The number of benzene rings is 3. The van der Waals surface area contributed by atoms with Gasteiger partial charge in [0.15, 0.2) is 0 Å². The fourth-order valence-corrected chi connectivity index (χ4v) is 5.26. The van der Waals surface area contributed by atoms with E-state index in [-0.39, 0.29) is 13.2 Å². The Hall–Kier alpha value is -3.02. The maximum absolute atomic E-state index is 11.2. The largest absolute Gasteiger partial charge is 0.496 e. The molecule has 0 saturated heterocycles. The Morgan fingerprint density at radius 1 is 0.778 bits per heavy atom. The van der Waals surface area contributed by atoms with Crippen LogP contribution in [0.25, 0.3) is 28.3 Å². The summed E-state index contributed by atoms with van der Waals surface area (Å²) in [5.41, 5.74) is 7.90. The summed E-state index contributed by atoms with van der Waals surface area (Å²) >= 11 is 0. The zero-order chi connectivity index (χ0) is 25.5. The van der Waals surface area contributed by atoms with Crippen molar-refractivity contribution in [2.75, 3.05) is 24.7 Å². The zero-order valence-corrected chi connectivity index (χ0v) is 20.8. The molecule has 0 fully saturated rings. The quantitative estimate of drug-likeness (QED) is 0.397. The van der Waals surface area contributed by atoms with Gasteiger partial charge in [0.25, 0.3) is 20.2 Å². The lowest BCUT2D eigenvalue weighted by Gasteiger charge is -2.15. The molecule has 0 amide bonds. The van der Waals surface area contributed by atoms with Crippen molar-refractivity contribution in [1.82, 2.24) is 0 Å². The molecule has 1 unspecified atom stereocenters. The fourth-order valence-electron chi connectivity index (χ4n) is 4.66. The molecule has 188 valence electrons. The van der Waals surface area contributed by atoms with Crippen molar-refractivity contribution in [3.05, 3.63) is 88.7 Å².